The topological polar surface area (TPSA) is 35.5 Å². The molecule has 2 aromatic rings. The van der Waals surface area contributed by atoms with E-state index in [9.17, 15) is 18.0 Å². The van der Waals surface area contributed by atoms with Gasteiger partial charge < -0.3 is 9.47 Å². The largest absolute Gasteiger partial charge is 0.492 e. The van der Waals surface area contributed by atoms with E-state index >= 15 is 0 Å². The summed E-state index contributed by atoms with van der Waals surface area (Å²) in [5.74, 6) is 0.670. The summed E-state index contributed by atoms with van der Waals surface area (Å²) in [6.45, 7) is 2.58. The van der Waals surface area contributed by atoms with E-state index in [0.29, 0.717) is 47.3 Å². The first kappa shape index (κ1) is 22.0. The third kappa shape index (κ3) is 4.40. The van der Waals surface area contributed by atoms with Gasteiger partial charge in [-0.25, -0.2) is 0 Å². The zero-order valence-corrected chi connectivity index (χ0v) is 18.0. The minimum atomic E-state index is -4.41. The number of rotatable bonds is 7. The highest BCUT2D eigenvalue weighted by atomic mass is 35.5. The van der Waals surface area contributed by atoms with Crippen molar-refractivity contribution in [3.05, 3.63) is 52.5 Å². The summed E-state index contributed by atoms with van der Waals surface area (Å²) in [4.78, 5) is 12.8. The van der Waals surface area contributed by atoms with Crippen LogP contribution in [0.2, 0.25) is 5.02 Å². The van der Waals surface area contributed by atoms with Gasteiger partial charge in [0.1, 0.15) is 5.75 Å². The van der Waals surface area contributed by atoms with E-state index in [1.165, 1.54) is 12.1 Å². The summed E-state index contributed by atoms with van der Waals surface area (Å²) in [6, 6.07) is 8.47. The Morgan fingerprint density at radius 3 is 2.35 bits per heavy atom. The third-order valence-corrected chi connectivity index (χ3v) is 6.55. The average molecular weight is 453 g/mol. The minimum absolute atomic E-state index is 0.282. The van der Waals surface area contributed by atoms with Crippen molar-refractivity contribution in [2.75, 3.05) is 13.2 Å². The van der Waals surface area contributed by atoms with Gasteiger partial charge in [0, 0.05) is 5.56 Å². The van der Waals surface area contributed by atoms with Gasteiger partial charge in [-0.2, -0.15) is 13.2 Å². The molecule has 0 saturated heterocycles. The highest BCUT2D eigenvalue weighted by Gasteiger charge is 2.47. The van der Waals surface area contributed by atoms with Gasteiger partial charge in [0.2, 0.25) is 0 Å². The Balaban J connectivity index is 1.77. The van der Waals surface area contributed by atoms with Crippen molar-refractivity contribution in [2.24, 2.45) is 5.92 Å². The maximum Gasteiger partial charge on any atom is 0.416 e. The highest BCUT2D eigenvalue weighted by molar-refractivity contribution is 6.34. The molecule has 4 rings (SSSR count). The first-order valence-electron chi connectivity index (χ1n) is 10.6. The maximum atomic E-state index is 13.0. The number of ether oxygens (including phenoxy) is 2. The molecule has 2 aliphatic rings. The second-order valence-electron chi connectivity index (χ2n) is 8.32. The van der Waals surface area contributed by atoms with Crippen molar-refractivity contribution in [1.29, 1.82) is 0 Å². The van der Waals surface area contributed by atoms with Crippen molar-refractivity contribution < 1.29 is 27.4 Å². The molecule has 0 bridgehead atoms. The number of carbonyl (C=O) groups is 1. The van der Waals surface area contributed by atoms with Gasteiger partial charge in [-0.3, -0.25) is 4.79 Å². The van der Waals surface area contributed by atoms with E-state index in [1.54, 1.807) is 19.1 Å². The van der Waals surface area contributed by atoms with Crippen molar-refractivity contribution in [1.82, 2.24) is 0 Å². The molecule has 0 radical (unpaired) electrons. The van der Waals surface area contributed by atoms with Crippen molar-refractivity contribution in [3.8, 4) is 16.9 Å². The van der Waals surface area contributed by atoms with Crippen LogP contribution in [0.25, 0.3) is 11.1 Å². The fraction of sp³-hybridized carbons (Fsp3) is 0.458. The highest BCUT2D eigenvalue weighted by Crippen LogP contribution is 2.49. The Morgan fingerprint density at radius 2 is 1.84 bits per heavy atom. The quantitative estimate of drug-likeness (QED) is 0.433. The molecule has 0 unspecified atom stereocenters. The molecular weight excluding hydrogens is 429 g/mol. The number of esters is 1. The van der Waals surface area contributed by atoms with Crippen LogP contribution in [0.5, 0.6) is 5.75 Å². The van der Waals surface area contributed by atoms with Crippen molar-refractivity contribution in [3.63, 3.8) is 0 Å². The van der Waals surface area contributed by atoms with Gasteiger partial charge in [0.25, 0.3) is 0 Å². The molecule has 0 aromatic heterocycles. The zero-order chi connectivity index (χ0) is 22.2. The van der Waals surface area contributed by atoms with Crippen molar-refractivity contribution >= 4 is 17.6 Å². The lowest BCUT2D eigenvalue weighted by molar-refractivity contribution is -0.154. The lowest BCUT2D eigenvalue weighted by Gasteiger charge is -2.40. The first-order valence-corrected chi connectivity index (χ1v) is 10.9. The van der Waals surface area contributed by atoms with E-state index in [4.69, 9.17) is 21.1 Å². The summed E-state index contributed by atoms with van der Waals surface area (Å²) in [5.41, 5.74) is 0.334. The van der Waals surface area contributed by atoms with E-state index in [2.05, 4.69) is 0 Å². The molecule has 2 aliphatic carbocycles. The molecule has 31 heavy (non-hydrogen) atoms. The van der Waals surface area contributed by atoms with Gasteiger partial charge in [0.15, 0.2) is 0 Å². The second-order valence-corrected chi connectivity index (χ2v) is 8.70. The molecule has 0 heterocycles. The van der Waals surface area contributed by atoms with E-state index in [0.717, 1.165) is 37.0 Å². The Morgan fingerprint density at radius 1 is 1.16 bits per heavy atom. The molecule has 0 aliphatic heterocycles. The smallest absolute Gasteiger partial charge is 0.416 e. The molecule has 0 N–H and O–H groups in total. The second kappa shape index (κ2) is 8.38. The Labute approximate surface area is 184 Å². The number of halogens is 4. The third-order valence-electron chi connectivity index (χ3n) is 6.16. The molecule has 2 aromatic carbocycles. The summed E-state index contributed by atoms with van der Waals surface area (Å²) >= 11 is 6.64. The Kier molecular flexibility index (Phi) is 5.95. The lowest BCUT2D eigenvalue weighted by atomic mass is 9.64. The van der Waals surface area contributed by atoms with Gasteiger partial charge in [-0.05, 0) is 73.9 Å². The fourth-order valence-corrected chi connectivity index (χ4v) is 4.20. The molecule has 166 valence electrons. The van der Waals surface area contributed by atoms with Gasteiger partial charge >= 0.3 is 12.1 Å². The van der Waals surface area contributed by atoms with Gasteiger partial charge in [-0.15, -0.1) is 0 Å². The van der Waals surface area contributed by atoms with E-state index < -0.39 is 17.2 Å². The van der Waals surface area contributed by atoms with E-state index in [-0.39, 0.29) is 12.6 Å². The maximum absolute atomic E-state index is 13.0. The molecule has 2 fully saturated rings. The van der Waals surface area contributed by atoms with Crippen LogP contribution in [0.4, 0.5) is 13.2 Å². The standard InChI is InChI=1S/C24H24ClF3O3/c1-2-30-22(29)23(10-3-11-23)18-12-19(16-6-8-17(9-7-16)24(26,27)28)21(25)20(13-18)31-14-15-4-5-15/h6-9,12-13,15H,2-5,10-11,14H2,1H3. The normalized spacial score (nSPS) is 17.7. The summed E-state index contributed by atoms with van der Waals surface area (Å²) in [7, 11) is 0. The molecule has 0 spiro atoms. The predicted molar refractivity (Wildman–Crippen MR) is 112 cm³/mol. The molecule has 3 nitrogen and oxygen atoms in total. The van der Waals surface area contributed by atoms with Crippen LogP contribution >= 0.6 is 11.6 Å². The first-order chi connectivity index (χ1) is 14.7. The molecule has 7 heteroatoms. The average Bonchev–Trinajstić information content (AvgIpc) is 3.51. The fourth-order valence-electron chi connectivity index (χ4n) is 3.93. The molecule has 2 saturated carbocycles. The van der Waals surface area contributed by atoms with Crippen molar-refractivity contribution in [2.45, 2.75) is 50.6 Å². The summed E-state index contributed by atoms with van der Waals surface area (Å²) < 4.78 is 50.3. The summed E-state index contributed by atoms with van der Waals surface area (Å²) in [5, 5.41) is 0.336. The predicted octanol–water partition coefficient (Wildman–Crippen LogP) is 6.80. The van der Waals surface area contributed by atoms with Gasteiger partial charge in [0.05, 0.1) is 29.2 Å². The number of hydrogen-bond acceptors (Lipinski definition) is 3. The lowest BCUT2D eigenvalue weighted by Crippen LogP contribution is -2.43. The number of alkyl halides is 3. The SMILES string of the molecule is CCOC(=O)C1(c2cc(OCC3CC3)c(Cl)c(-c3ccc(C(F)(F)F)cc3)c2)CCC1. The number of benzene rings is 2. The monoisotopic (exact) mass is 452 g/mol. The van der Waals surface area contributed by atoms with Gasteiger partial charge in [-0.1, -0.05) is 30.2 Å². The van der Waals surface area contributed by atoms with Crippen LogP contribution in [0.1, 0.15) is 50.2 Å². The van der Waals surface area contributed by atoms with Crippen LogP contribution in [0.3, 0.4) is 0 Å². The Bertz CT molecular complexity index is 961. The minimum Gasteiger partial charge on any atom is -0.492 e. The van der Waals surface area contributed by atoms with Crippen LogP contribution in [-0.4, -0.2) is 19.2 Å². The molecular formula is C24H24ClF3O3. The van der Waals surface area contributed by atoms with E-state index in [1.807, 2.05) is 0 Å². The number of carbonyl (C=O) groups excluding carboxylic acids is 1. The van der Waals surface area contributed by atoms with Crippen LogP contribution in [0.15, 0.2) is 36.4 Å². The number of hydrogen-bond donors (Lipinski definition) is 0. The zero-order valence-electron chi connectivity index (χ0n) is 17.2. The van der Waals surface area contributed by atoms with Crippen LogP contribution in [-0.2, 0) is 21.1 Å². The van der Waals surface area contributed by atoms with Crippen LogP contribution < -0.4 is 4.74 Å². The summed E-state index contributed by atoms with van der Waals surface area (Å²) in [6.07, 6.45) is 0.00750. The molecule has 0 atom stereocenters. The Hall–Kier alpha value is -2.21. The molecule has 0 amide bonds. The van der Waals surface area contributed by atoms with Crippen LogP contribution in [0, 0.1) is 5.92 Å².